The van der Waals surface area contributed by atoms with Crippen molar-refractivity contribution >= 4 is 5.97 Å². The summed E-state index contributed by atoms with van der Waals surface area (Å²) in [5, 5.41) is 6.72. The number of nitrogens with one attached hydrogen (secondary N) is 1. The minimum atomic E-state index is -0.220. The van der Waals surface area contributed by atoms with Gasteiger partial charge in [0.15, 0.2) is 5.82 Å². The minimum Gasteiger partial charge on any atom is -0.465 e. The van der Waals surface area contributed by atoms with Crippen LogP contribution < -0.4 is 5.32 Å². The fraction of sp³-hybridized carbons (Fsp3) is 0.727. The summed E-state index contributed by atoms with van der Waals surface area (Å²) in [7, 11) is 0. The third-order valence-corrected chi connectivity index (χ3v) is 2.13. The fourth-order valence-electron chi connectivity index (χ4n) is 1.21. The Morgan fingerprint density at radius 1 is 1.53 bits per heavy atom. The number of carbonyl (C=O) groups is 1. The molecule has 1 N–H and O–H groups in total. The Labute approximate surface area is 101 Å². The maximum atomic E-state index is 11.2. The summed E-state index contributed by atoms with van der Waals surface area (Å²) in [6.45, 7) is 5.15. The van der Waals surface area contributed by atoms with Gasteiger partial charge in [0.05, 0.1) is 13.2 Å². The average molecular weight is 241 g/mol. The Bertz CT molecular complexity index is 338. The van der Waals surface area contributed by atoms with Crippen molar-refractivity contribution < 1.29 is 14.1 Å². The molecule has 0 aliphatic heterocycles. The number of hydrogen-bond acceptors (Lipinski definition) is 6. The third kappa shape index (κ3) is 6.01. The monoisotopic (exact) mass is 241 g/mol. The van der Waals surface area contributed by atoms with Gasteiger partial charge in [-0.2, -0.15) is 4.98 Å². The first-order chi connectivity index (χ1) is 8.22. The number of unbranched alkanes of at least 4 members (excludes halogenated alkanes) is 1. The zero-order valence-electron chi connectivity index (χ0n) is 10.4. The number of carbonyl (C=O) groups excluding carboxylic acids is 1. The second-order valence-corrected chi connectivity index (χ2v) is 3.73. The lowest BCUT2D eigenvalue weighted by Crippen LogP contribution is -2.27. The summed E-state index contributed by atoms with van der Waals surface area (Å²) in [5.74, 6) is 0.982. The number of esters is 1. The van der Waals surface area contributed by atoms with Gasteiger partial charge in [-0.1, -0.05) is 18.5 Å². The molecule has 0 aliphatic rings. The van der Waals surface area contributed by atoms with E-state index < -0.39 is 0 Å². The zero-order valence-corrected chi connectivity index (χ0v) is 10.4. The standard InChI is InChI=1S/C11H19N3O3/c1-3-4-7-16-11(15)8-12-6-5-10-13-9(2)17-14-10/h12H,3-8H2,1-2H3. The fourth-order valence-corrected chi connectivity index (χ4v) is 1.21. The quantitative estimate of drug-likeness (QED) is 0.537. The van der Waals surface area contributed by atoms with E-state index in [1.807, 2.05) is 0 Å². The molecule has 6 nitrogen and oxygen atoms in total. The highest BCUT2D eigenvalue weighted by molar-refractivity contribution is 5.71. The first kappa shape index (κ1) is 13.6. The Morgan fingerprint density at radius 3 is 3.00 bits per heavy atom. The molecule has 0 aliphatic carbocycles. The van der Waals surface area contributed by atoms with Gasteiger partial charge in [-0.25, -0.2) is 0 Å². The van der Waals surface area contributed by atoms with E-state index in [-0.39, 0.29) is 12.5 Å². The summed E-state index contributed by atoms with van der Waals surface area (Å²) in [5.41, 5.74) is 0. The van der Waals surface area contributed by atoms with Crippen molar-refractivity contribution in [2.75, 3.05) is 19.7 Å². The predicted octanol–water partition coefficient (Wildman–Crippen LogP) is 0.853. The van der Waals surface area contributed by atoms with E-state index in [0.29, 0.717) is 31.3 Å². The van der Waals surface area contributed by atoms with E-state index in [2.05, 4.69) is 22.4 Å². The molecule has 1 aromatic heterocycles. The van der Waals surface area contributed by atoms with Crippen molar-refractivity contribution in [3.8, 4) is 0 Å². The van der Waals surface area contributed by atoms with Crippen molar-refractivity contribution in [2.24, 2.45) is 0 Å². The second kappa shape index (κ2) is 7.78. The first-order valence-electron chi connectivity index (χ1n) is 5.88. The molecule has 0 spiro atoms. The van der Waals surface area contributed by atoms with Crippen LogP contribution >= 0.6 is 0 Å². The van der Waals surface area contributed by atoms with Crippen molar-refractivity contribution in [1.29, 1.82) is 0 Å². The molecule has 1 heterocycles. The topological polar surface area (TPSA) is 77.2 Å². The lowest BCUT2D eigenvalue weighted by molar-refractivity contribution is -0.142. The van der Waals surface area contributed by atoms with Crippen molar-refractivity contribution in [3.05, 3.63) is 11.7 Å². The van der Waals surface area contributed by atoms with Crippen LogP contribution in [0.25, 0.3) is 0 Å². The Balaban J connectivity index is 2.02. The Morgan fingerprint density at radius 2 is 2.35 bits per heavy atom. The highest BCUT2D eigenvalue weighted by Gasteiger charge is 2.04. The van der Waals surface area contributed by atoms with E-state index in [0.717, 1.165) is 12.8 Å². The highest BCUT2D eigenvalue weighted by atomic mass is 16.5. The van der Waals surface area contributed by atoms with Crippen LogP contribution in [-0.4, -0.2) is 35.8 Å². The third-order valence-electron chi connectivity index (χ3n) is 2.13. The van der Waals surface area contributed by atoms with Crippen molar-refractivity contribution in [3.63, 3.8) is 0 Å². The molecule has 0 atom stereocenters. The maximum absolute atomic E-state index is 11.2. The SMILES string of the molecule is CCCCOC(=O)CNCCc1noc(C)n1. The van der Waals surface area contributed by atoms with Crippen LogP contribution in [0, 0.1) is 6.92 Å². The molecule has 0 saturated heterocycles. The van der Waals surface area contributed by atoms with Crippen LogP contribution in [0.4, 0.5) is 0 Å². The molecule has 0 radical (unpaired) electrons. The van der Waals surface area contributed by atoms with E-state index in [4.69, 9.17) is 9.26 Å². The van der Waals surface area contributed by atoms with Gasteiger partial charge in [0, 0.05) is 19.9 Å². The van der Waals surface area contributed by atoms with Crippen molar-refractivity contribution in [2.45, 2.75) is 33.1 Å². The molecular weight excluding hydrogens is 222 g/mol. The predicted molar refractivity (Wildman–Crippen MR) is 61.5 cm³/mol. The van der Waals surface area contributed by atoms with E-state index in [1.165, 1.54) is 0 Å². The lowest BCUT2D eigenvalue weighted by atomic mass is 10.4. The van der Waals surface area contributed by atoms with Gasteiger partial charge in [0.25, 0.3) is 0 Å². The van der Waals surface area contributed by atoms with Gasteiger partial charge in [0.1, 0.15) is 0 Å². The number of aromatic nitrogens is 2. The molecule has 17 heavy (non-hydrogen) atoms. The number of ether oxygens (including phenoxy) is 1. The van der Waals surface area contributed by atoms with E-state index in [9.17, 15) is 4.79 Å². The van der Waals surface area contributed by atoms with Gasteiger partial charge in [0.2, 0.25) is 5.89 Å². The van der Waals surface area contributed by atoms with E-state index in [1.54, 1.807) is 6.92 Å². The molecule has 0 fully saturated rings. The van der Waals surface area contributed by atoms with Crippen LogP contribution in [0.1, 0.15) is 31.5 Å². The van der Waals surface area contributed by atoms with Gasteiger partial charge in [-0.15, -0.1) is 0 Å². The van der Waals surface area contributed by atoms with Crippen LogP contribution in [0.5, 0.6) is 0 Å². The summed E-state index contributed by atoms with van der Waals surface area (Å²) in [4.78, 5) is 15.3. The smallest absolute Gasteiger partial charge is 0.319 e. The minimum absolute atomic E-state index is 0.220. The summed E-state index contributed by atoms with van der Waals surface area (Å²) in [6, 6.07) is 0. The van der Waals surface area contributed by atoms with Gasteiger partial charge < -0.3 is 14.6 Å². The number of rotatable bonds is 8. The molecule has 0 amide bonds. The average Bonchev–Trinajstić information content (AvgIpc) is 2.71. The summed E-state index contributed by atoms with van der Waals surface area (Å²) in [6.07, 6.45) is 2.57. The lowest BCUT2D eigenvalue weighted by Gasteiger charge is -2.04. The zero-order chi connectivity index (χ0) is 12.5. The van der Waals surface area contributed by atoms with Crippen LogP contribution in [0.3, 0.4) is 0 Å². The Hall–Kier alpha value is -1.43. The second-order valence-electron chi connectivity index (χ2n) is 3.73. The molecule has 0 bridgehead atoms. The van der Waals surface area contributed by atoms with Crippen LogP contribution in [0.2, 0.25) is 0 Å². The van der Waals surface area contributed by atoms with Gasteiger partial charge in [-0.3, -0.25) is 4.79 Å². The molecule has 1 rings (SSSR count). The van der Waals surface area contributed by atoms with Crippen LogP contribution in [-0.2, 0) is 16.0 Å². The molecule has 96 valence electrons. The van der Waals surface area contributed by atoms with Gasteiger partial charge >= 0.3 is 5.97 Å². The van der Waals surface area contributed by atoms with Crippen LogP contribution in [0.15, 0.2) is 4.52 Å². The summed E-state index contributed by atoms with van der Waals surface area (Å²) >= 11 is 0. The summed E-state index contributed by atoms with van der Waals surface area (Å²) < 4.78 is 9.82. The van der Waals surface area contributed by atoms with Gasteiger partial charge in [-0.05, 0) is 6.42 Å². The highest BCUT2D eigenvalue weighted by Crippen LogP contribution is 1.94. The Kier molecular flexibility index (Phi) is 6.24. The molecule has 6 heteroatoms. The first-order valence-corrected chi connectivity index (χ1v) is 5.88. The largest absolute Gasteiger partial charge is 0.465 e. The molecule has 0 unspecified atom stereocenters. The number of nitrogens with zero attached hydrogens (tertiary/aromatic N) is 2. The van der Waals surface area contributed by atoms with E-state index >= 15 is 0 Å². The molecule has 0 aromatic carbocycles. The molecular formula is C11H19N3O3. The number of hydrogen-bond donors (Lipinski definition) is 1. The normalized spacial score (nSPS) is 10.5. The molecule has 1 aromatic rings. The molecule has 0 saturated carbocycles. The maximum Gasteiger partial charge on any atom is 0.319 e. The number of aryl methyl sites for hydroxylation is 1. The van der Waals surface area contributed by atoms with Crippen molar-refractivity contribution in [1.82, 2.24) is 15.5 Å².